The minimum Gasteiger partial charge on any atom is -0.345 e. The summed E-state index contributed by atoms with van der Waals surface area (Å²) >= 11 is 1.78. The summed E-state index contributed by atoms with van der Waals surface area (Å²) < 4.78 is 2.36. The van der Waals surface area contributed by atoms with Gasteiger partial charge in [0.2, 0.25) is 17.7 Å². The number of hydrogen-bond donors (Lipinski definition) is 3. The molecule has 28 heavy (non-hydrogen) atoms. The molecule has 160 valence electrons. The van der Waals surface area contributed by atoms with Crippen LogP contribution in [0, 0.1) is 11.3 Å². The van der Waals surface area contributed by atoms with Gasteiger partial charge < -0.3 is 20.9 Å². The lowest BCUT2D eigenvalue weighted by molar-refractivity contribution is -0.136. The summed E-state index contributed by atoms with van der Waals surface area (Å²) in [5, 5.41) is 8.24. The molecule has 1 unspecified atom stereocenters. The van der Waals surface area contributed by atoms with Crippen LogP contribution in [0.5, 0.6) is 0 Å². The summed E-state index contributed by atoms with van der Waals surface area (Å²) in [6.45, 7) is 7.86. The second kappa shape index (κ2) is 10.5. The minimum atomic E-state index is -0.620. The molecule has 2 heterocycles. The first kappa shape index (κ1) is 23.0. The smallest absolute Gasteiger partial charge is 0.243 e. The van der Waals surface area contributed by atoms with Crippen LogP contribution in [0.2, 0.25) is 0 Å². The van der Waals surface area contributed by atoms with Gasteiger partial charge in [0.15, 0.2) is 0 Å². The molecule has 0 bridgehead atoms. The van der Waals surface area contributed by atoms with E-state index in [1.807, 2.05) is 18.7 Å². The van der Waals surface area contributed by atoms with Crippen molar-refractivity contribution >= 4 is 29.7 Å². The van der Waals surface area contributed by atoms with E-state index in [1.165, 1.54) is 0 Å². The van der Waals surface area contributed by atoms with Gasteiger partial charge >= 0.3 is 0 Å². The van der Waals surface area contributed by atoms with E-state index in [0.717, 1.165) is 39.0 Å². The molecule has 0 aromatic heterocycles. The van der Waals surface area contributed by atoms with E-state index < -0.39 is 6.04 Å². The fourth-order valence-electron chi connectivity index (χ4n) is 3.88. The number of likely N-dealkylation sites (N-methyl/N-ethyl adjacent to an activating group) is 1. The highest BCUT2D eigenvalue weighted by Gasteiger charge is 2.45. The average Bonchev–Trinajstić information content (AvgIpc) is 2.63. The average molecular weight is 414 g/mol. The van der Waals surface area contributed by atoms with E-state index in [1.54, 1.807) is 19.0 Å². The van der Waals surface area contributed by atoms with E-state index in [0.29, 0.717) is 11.8 Å². The molecule has 3 N–H and O–H groups in total. The van der Waals surface area contributed by atoms with Crippen LogP contribution in [0.4, 0.5) is 0 Å². The van der Waals surface area contributed by atoms with Crippen LogP contribution >= 0.6 is 11.9 Å². The molecule has 0 saturated carbocycles. The molecule has 2 rings (SSSR count). The molecule has 2 aliphatic heterocycles. The van der Waals surface area contributed by atoms with Gasteiger partial charge in [-0.1, -0.05) is 25.8 Å². The fourth-order valence-corrected chi connectivity index (χ4v) is 4.69. The topological polar surface area (TPSA) is 93.8 Å². The van der Waals surface area contributed by atoms with E-state index in [2.05, 4.69) is 26.5 Å². The van der Waals surface area contributed by atoms with Crippen molar-refractivity contribution < 1.29 is 14.4 Å². The van der Waals surface area contributed by atoms with E-state index in [-0.39, 0.29) is 36.7 Å². The quantitative estimate of drug-likeness (QED) is 0.463. The summed E-state index contributed by atoms with van der Waals surface area (Å²) in [5.41, 5.74) is 0.378. The van der Waals surface area contributed by atoms with Crippen molar-refractivity contribution in [3.8, 4) is 0 Å². The molecule has 0 radical (unpaired) electrons. The number of amides is 3. The van der Waals surface area contributed by atoms with Crippen molar-refractivity contribution in [3.63, 3.8) is 0 Å². The number of likely N-dealkylation sites (tertiary alicyclic amines) is 1. The zero-order chi connectivity index (χ0) is 20.7. The molecule has 1 spiro atoms. The Morgan fingerprint density at radius 3 is 2.29 bits per heavy atom. The molecule has 0 aromatic rings. The Hall–Kier alpha value is -1.32. The van der Waals surface area contributed by atoms with Gasteiger partial charge in [0.25, 0.3) is 0 Å². The van der Waals surface area contributed by atoms with Crippen LogP contribution in [0.25, 0.3) is 0 Å². The van der Waals surface area contributed by atoms with Crippen molar-refractivity contribution in [3.05, 3.63) is 0 Å². The SMILES string of the molecule is CNCC(=O)NC(CC(C)C)C(=O)NCC(=O)N1CCC2(CC1)CN(SC)C2. The first-order valence-corrected chi connectivity index (χ1v) is 11.3. The highest BCUT2D eigenvalue weighted by atomic mass is 32.2. The first-order chi connectivity index (χ1) is 13.3. The van der Waals surface area contributed by atoms with Gasteiger partial charge in [0.1, 0.15) is 6.04 Å². The fraction of sp³-hybridized carbons (Fsp3) is 0.842. The Bertz CT molecular complexity index is 556. The number of carbonyl (C=O) groups excluding carboxylic acids is 3. The van der Waals surface area contributed by atoms with Crippen LogP contribution in [0.1, 0.15) is 33.1 Å². The summed E-state index contributed by atoms with van der Waals surface area (Å²) in [5.74, 6) is -0.317. The van der Waals surface area contributed by atoms with Gasteiger partial charge in [0, 0.05) is 31.6 Å². The van der Waals surface area contributed by atoms with Crippen LogP contribution in [-0.4, -0.2) is 85.5 Å². The molecule has 2 saturated heterocycles. The van der Waals surface area contributed by atoms with Crippen LogP contribution in [0.3, 0.4) is 0 Å². The number of nitrogens with one attached hydrogen (secondary N) is 3. The van der Waals surface area contributed by atoms with E-state index in [9.17, 15) is 14.4 Å². The third-order valence-corrected chi connectivity index (χ3v) is 6.34. The predicted molar refractivity (Wildman–Crippen MR) is 112 cm³/mol. The standard InChI is InChI=1S/C19H35N5O3S/c1-14(2)9-15(22-16(25)10-20-3)18(27)21-11-17(26)23-7-5-19(6-8-23)12-24(13-19)28-4/h14-15,20H,5-13H2,1-4H3,(H,21,27)(H,22,25). The van der Waals surface area contributed by atoms with Crippen molar-refractivity contribution in [2.75, 3.05) is 52.6 Å². The third-order valence-electron chi connectivity index (χ3n) is 5.57. The van der Waals surface area contributed by atoms with Crippen LogP contribution in [-0.2, 0) is 14.4 Å². The van der Waals surface area contributed by atoms with E-state index >= 15 is 0 Å². The Labute approximate surface area is 172 Å². The Morgan fingerprint density at radius 2 is 1.75 bits per heavy atom. The molecular weight excluding hydrogens is 378 g/mol. The first-order valence-electron chi connectivity index (χ1n) is 10.1. The molecule has 8 nitrogen and oxygen atoms in total. The maximum Gasteiger partial charge on any atom is 0.243 e. The summed E-state index contributed by atoms with van der Waals surface area (Å²) in [4.78, 5) is 38.7. The molecule has 2 aliphatic rings. The predicted octanol–water partition coefficient (Wildman–Crippen LogP) is 0.0553. The largest absolute Gasteiger partial charge is 0.345 e. The second-order valence-corrected chi connectivity index (χ2v) is 9.24. The lowest BCUT2D eigenvalue weighted by Gasteiger charge is -2.53. The molecule has 0 aliphatic carbocycles. The van der Waals surface area contributed by atoms with Crippen molar-refractivity contribution in [2.24, 2.45) is 11.3 Å². The number of hydrogen-bond acceptors (Lipinski definition) is 6. The molecule has 9 heteroatoms. The van der Waals surface area contributed by atoms with E-state index in [4.69, 9.17) is 0 Å². The number of carbonyl (C=O) groups is 3. The molecule has 2 fully saturated rings. The van der Waals surface area contributed by atoms with Gasteiger partial charge in [0.05, 0.1) is 13.1 Å². The molecular formula is C19H35N5O3S. The Morgan fingerprint density at radius 1 is 1.11 bits per heavy atom. The number of nitrogens with zero attached hydrogens (tertiary/aromatic N) is 2. The zero-order valence-electron chi connectivity index (χ0n) is 17.5. The lowest BCUT2D eigenvalue weighted by Crippen LogP contribution is -2.59. The van der Waals surface area contributed by atoms with Gasteiger partial charge in [-0.2, -0.15) is 0 Å². The van der Waals surface area contributed by atoms with Crippen LogP contribution in [0.15, 0.2) is 0 Å². The van der Waals surface area contributed by atoms with Gasteiger partial charge in [-0.15, -0.1) is 0 Å². The van der Waals surface area contributed by atoms with Gasteiger partial charge in [-0.25, -0.2) is 4.31 Å². The van der Waals surface area contributed by atoms with Crippen LogP contribution < -0.4 is 16.0 Å². The summed E-state index contributed by atoms with van der Waals surface area (Å²) in [6, 6.07) is -0.620. The van der Waals surface area contributed by atoms with Gasteiger partial charge in [-0.3, -0.25) is 14.4 Å². The zero-order valence-corrected chi connectivity index (χ0v) is 18.4. The van der Waals surface area contributed by atoms with Crippen molar-refractivity contribution in [1.82, 2.24) is 25.2 Å². The highest BCUT2D eigenvalue weighted by Crippen LogP contribution is 2.42. The maximum atomic E-state index is 12.5. The third kappa shape index (κ3) is 6.35. The van der Waals surface area contributed by atoms with Gasteiger partial charge in [-0.05, 0) is 38.5 Å². The van der Waals surface area contributed by atoms with Crippen molar-refractivity contribution in [1.29, 1.82) is 0 Å². The molecule has 3 amide bonds. The molecule has 0 aromatic carbocycles. The summed E-state index contributed by atoms with van der Waals surface area (Å²) in [7, 11) is 1.68. The second-order valence-electron chi connectivity index (χ2n) is 8.36. The lowest BCUT2D eigenvalue weighted by atomic mass is 9.73. The monoisotopic (exact) mass is 413 g/mol. The minimum absolute atomic E-state index is 0.0146. The maximum absolute atomic E-state index is 12.5. The number of piperidine rings is 1. The summed E-state index contributed by atoms with van der Waals surface area (Å²) in [6.07, 6.45) is 4.69. The van der Waals surface area contributed by atoms with Crippen molar-refractivity contribution in [2.45, 2.75) is 39.2 Å². The normalized spacial score (nSPS) is 20.0. The number of rotatable bonds is 9. The Balaban J connectivity index is 1.77. The highest BCUT2D eigenvalue weighted by molar-refractivity contribution is 7.96. The molecule has 1 atom stereocenters. The Kier molecular flexibility index (Phi) is 8.57.